The van der Waals surface area contributed by atoms with E-state index in [1.54, 1.807) is 45.3 Å². The molecule has 0 aliphatic carbocycles. The molecule has 0 N–H and O–H groups in total. The SMILES string of the molecule is CCOCCOCCOCc1cc(-c2ccc(-c3ccc(-c4cc(COCCOCCOCC)c(-c5scc6c5OCCO6)s4)s3)s2)sc1-c1scc2c1OCCO2.c1cc2ccc1C[n+]1ccc(cc1)-c1cc[n+](cc1)Cc1ccc(cc1)C[n+]1ccc(cc1)-c1cc[n+](cc1)C2.c1cc2ccc1C[n+]1ccc(cc1)-c1cc[n+](cc1)Cc1ccc(cc1)C[n+]1ccc(cc1)-c1cc[n+](cc1)C2. The van der Waals surface area contributed by atoms with Gasteiger partial charge in [0.25, 0.3) is 0 Å². The molecule has 0 saturated carbocycles. The van der Waals surface area contributed by atoms with Crippen LogP contribution in [0.1, 0.15) is 69.5 Å². The van der Waals surface area contributed by atoms with Gasteiger partial charge in [0.1, 0.15) is 26.4 Å². The van der Waals surface area contributed by atoms with Crippen LogP contribution in [0.25, 0.3) is 93.3 Å². The van der Waals surface area contributed by atoms with E-state index in [2.05, 4.69) is 366 Å². The number of hydrogen-bond donors (Lipinski definition) is 0. The minimum atomic E-state index is 0.478. The van der Waals surface area contributed by atoms with Crippen molar-refractivity contribution in [2.24, 2.45) is 0 Å². The molecular weight excluding hydrogens is 1830 g/mol. The smallest absolute Gasteiger partial charge is 0.180 e. The van der Waals surface area contributed by atoms with E-state index in [4.69, 9.17) is 47.4 Å². The van der Waals surface area contributed by atoms with Crippen LogP contribution in [-0.2, 0) is 94.0 Å². The molecular formula is C114H110N8O10S6+8. The zero-order valence-electron chi connectivity index (χ0n) is 77.4. The predicted octanol–water partition coefficient (Wildman–Crippen LogP) is 20.4. The zero-order chi connectivity index (χ0) is 93.0. The molecule has 24 heteroatoms. The maximum Gasteiger partial charge on any atom is 0.180 e. The van der Waals surface area contributed by atoms with Gasteiger partial charge in [-0.25, -0.2) is 36.5 Å². The highest BCUT2D eigenvalue weighted by molar-refractivity contribution is 7.30. The normalized spacial score (nSPS) is 13.0. The maximum atomic E-state index is 6.14. The lowest BCUT2D eigenvalue weighted by molar-refractivity contribution is -0.689. The minimum Gasteiger partial charge on any atom is -0.485 e. The van der Waals surface area contributed by atoms with Gasteiger partial charge in [-0.1, -0.05) is 97.1 Å². The topological polar surface area (TPSA) is 123 Å². The highest BCUT2D eigenvalue weighted by atomic mass is 32.1. The van der Waals surface area contributed by atoms with Crippen molar-refractivity contribution in [1.82, 2.24) is 0 Å². The number of aromatic nitrogens is 8. The van der Waals surface area contributed by atoms with Gasteiger partial charge >= 0.3 is 0 Å². The molecule has 48 heterocycles. The third-order valence-corrected chi connectivity index (χ3v) is 31.8. The number of thiophene rings is 6. The van der Waals surface area contributed by atoms with Crippen molar-refractivity contribution in [3.8, 4) is 116 Å². The monoisotopic (exact) mass is 1940 g/mol. The summed E-state index contributed by atoms with van der Waals surface area (Å²) in [7, 11) is 0. The van der Waals surface area contributed by atoms with Crippen molar-refractivity contribution in [2.45, 2.75) is 79.4 Å². The van der Waals surface area contributed by atoms with Gasteiger partial charge in [-0.2, -0.15) is 0 Å². The summed E-state index contributed by atoms with van der Waals surface area (Å²) in [6.45, 7) is 19.7. The Bertz CT molecular complexity index is 6040. The van der Waals surface area contributed by atoms with Crippen molar-refractivity contribution in [1.29, 1.82) is 0 Å². The molecule has 14 aromatic heterocycles. The van der Waals surface area contributed by atoms with Crippen LogP contribution < -0.4 is 55.5 Å². The molecule has 18 nitrogen and oxygen atoms in total. The number of rotatable bonds is 23. The largest absolute Gasteiger partial charge is 0.485 e. The molecule has 0 fully saturated rings. The van der Waals surface area contributed by atoms with Crippen molar-refractivity contribution >= 4 is 68.0 Å². The number of nitrogens with zero attached hydrogens (tertiary/aromatic N) is 8. The summed E-state index contributed by atoms with van der Waals surface area (Å²) in [6, 6.07) is 84.5. The zero-order valence-corrected chi connectivity index (χ0v) is 82.3. The molecule has 0 atom stereocenters. The van der Waals surface area contributed by atoms with E-state index in [0.717, 1.165) is 106 Å². The first kappa shape index (κ1) is 92.9. The first-order valence-electron chi connectivity index (χ1n) is 47.1. The van der Waals surface area contributed by atoms with Gasteiger partial charge in [-0.05, 0) is 106 Å². The van der Waals surface area contributed by atoms with E-state index in [-0.39, 0.29) is 0 Å². The van der Waals surface area contributed by atoms with Gasteiger partial charge in [0.05, 0.1) is 85.6 Å². The van der Waals surface area contributed by atoms with E-state index in [1.807, 2.05) is 47.3 Å². The first-order valence-corrected chi connectivity index (χ1v) is 52.1. The Morgan fingerprint density at radius 3 is 0.667 bits per heavy atom. The highest BCUT2D eigenvalue weighted by Crippen LogP contribution is 2.54. The molecule has 52 rings (SSSR count). The van der Waals surface area contributed by atoms with Gasteiger partial charge < -0.3 is 47.4 Å². The summed E-state index contributed by atoms with van der Waals surface area (Å²) in [5.41, 5.74) is 22.4. The fourth-order valence-corrected chi connectivity index (χ4v) is 23.8. The van der Waals surface area contributed by atoms with E-state index >= 15 is 0 Å². The molecule has 24 bridgehead atoms. The average molecular weight is 1940 g/mol. The van der Waals surface area contributed by atoms with E-state index in [9.17, 15) is 0 Å². The second-order valence-corrected chi connectivity index (χ2v) is 40.3. The van der Waals surface area contributed by atoms with Crippen molar-refractivity contribution in [3.05, 3.63) is 396 Å². The van der Waals surface area contributed by atoms with E-state index in [1.165, 1.54) is 118 Å². The summed E-state index contributed by atoms with van der Waals surface area (Å²) >= 11 is 10.5. The van der Waals surface area contributed by atoms with Crippen LogP contribution in [-0.4, -0.2) is 92.5 Å². The number of fused-ring (bicyclic) bond motifs is 2. The number of benzene rings is 4. The molecule has 0 amide bonds. The van der Waals surface area contributed by atoms with Crippen molar-refractivity contribution in [2.75, 3.05) is 92.5 Å². The fourth-order valence-electron chi connectivity index (χ4n) is 17.0. The molecule has 0 saturated heterocycles. The van der Waals surface area contributed by atoms with Gasteiger partial charge in [0, 0.05) is 195 Å². The Labute approximate surface area is 829 Å². The first-order chi connectivity index (χ1) is 68.2. The number of hydrogen-bond acceptors (Lipinski definition) is 16. The highest BCUT2D eigenvalue weighted by Gasteiger charge is 2.29. The Morgan fingerprint density at radius 2 is 0.435 bits per heavy atom. The maximum absolute atomic E-state index is 6.14. The Morgan fingerprint density at radius 1 is 0.225 bits per heavy atom. The molecule has 0 radical (unpaired) electrons. The molecule has 138 heavy (non-hydrogen) atoms. The van der Waals surface area contributed by atoms with Crippen molar-refractivity contribution in [3.63, 3.8) is 0 Å². The molecule has 694 valence electrons. The van der Waals surface area contributed by atoms with Crippen molar-refractivity contribution < 1.29 is 83.9 Å². The standard InChI is InChI=1S/C42H46O10S6.2C36H32N4/c1-3-43-9-11-45-13-15-47-23-27-21-35(57-39(27)41-37-29(25-53-41)49-17-19-51-37)33-7-5-31(55-33)32-6-8-34(56-32)36-22-28(24-48-16-14-46-12-10-44-4-2)40(58-36)42-38-30(26-54-42)50-18-20-52-38;2*1-2-30-4-3-29(1)25-37-17-9-33(10-18-37)35-13-21-39(22-14-35)27-31-5-7-32(8-6-31)28-40-23-15-36(16-24-40)34-11-19-38(26-30)20-12-34/h5-8,21-22,25-26H,3-4,9-20,23-24H2,1-2H3;2*1-24H,25-28H2/q;2*+4. The van der Waals surface area contributed by atoms with E-state index < -0.39 is 0 Å². The Hall–Kier alpha value is -12.8. The van der Waals surface area contributed by atoms with Crippen LogP contribution in [0.4, 0.5) is 0 Å². The summed E-state index contributed by atoms with van der Waals surface area (Å²) < 4.78 is 76.3. The lowest BCUT2D eigenvalue weighted by atomic mass is 10.1. The quantitative estimate of drug-likeness (QED) is 0.0452. The second kappa shape index (κ2) is 45.7. The fraction of sp³-hybridized carbons (Fsp3) is 0.228. The lowest BCUT2D eigenvalue weighted by Gasteiger charge is -2.16. The van der Waals surface area contributed by atoms with Gasteiger partial charge in [0.15, 0.2) is 175 Å². The molecule has 0 unspecified atom stereocenters. The van der Waals surface area contributed by atoms with Crippen LogP contribution in [0.5, 0.6) is 23.0 Å². The Balaban J connectivity index is 0.000000131. The molecule has 18 aromatic rings. The third kappa shape index (κ3) is 24.0. The minimum absolute atomic E-state index is 0.478. The molecule has 34 aliphatic rings. The van der Waals surface area contributed by atoms with Crippen LogP contribution >= 0.6 is 68.0 Å². The summed E-state index contributed by atoms with van der Waals surface area (Å²) in [5.74, 6) is 3.29. The van der Waals surface area contributed by atoms with Crippen LogP contribution in [0.2, 0.25) is 0 Å². The van der Waals surface area contributed by atoms with Gasteiger partial charge in [-0.3, -0.25) is 0 Å². The van der Waals surface area contributed by atoms with E-state index in [0.29, 0.717) is 106 Å². The summed E-state index contributed by atoms with van der Waals surface area (Å²) in [5, 5.41) is 4.09. The number of pyridine rings is 8. The molecule has 4 aromatic carbocycles. The van der Waals surface area contributed by atoms with Gasteiger partial charge in [0.2, 0.25) is 0 Å². The Kier molecular flexibility index (Phi) is 30.8. The molecule has 34 aliphatic heterocycles. The molecule has 0 spiro atoms. The summed E-state index contributed by atoms with van der Waals surface area (Å²) in [6.07, 6.45) is 34.7. The summed E-state index contributed by atoms with van der Waals surface area (Å²) in [4.78, 5) is 11.8. The predicted molar refractivity (Wildman–Crippen MR) is 544 cm³/mol. The third-order valence-electron chi connectivity index (χ3n) is 24.5. The second-order valence-electron chi connectivity index (χ2n) is 34.2. The van der Waals surface area contributed by atoms with Crippen LogP contribution in [0.15, 0.2) is 340 Å². The lowest BCUT2D eigenvalue weighted by Crippen LogP contribution is -2.34. The average Bonchev–Trinajstić information content (AvgIpc) is 1.62. The number of ether oxygens (including phenoxy) is 10. The van der Waals surface area contributed by atoms with Gasteiger partial charge in [-0.15, -0.1) is 68.0 Å². The van der Waals surface area contributed by atoms with Crippen LogP contribution in [0, 0.1) is 0 Å². The van der Waals surface area contributed by atoms with Crippen LogP contribution in [0.3, 0.4) is 0 Å².